The van der Waals surface area contributed by atoms with Crippen LogP contribution in [0.5, 0.6) is 0 Å². The van der Waals surface area contributed by atoms with E-state index < -0.39 is 11.8 Å². The van der Waals surface area contributed by atoms with Crippen LogP contribution in [-0.4, -0.2) is 36.6 Å². The van der Waals surface area contributed by atoms with E-state index in [-0.39, 0.29) is 12.3 Å². The molecule has 27 heavy (non-hydrogen) atoms. The summed E-state index contributed by atoms with van der Waals surface area (Å²) >= 11 is 0. The van der Waals surface area contributed by atoms with E-state index in [4.69, 9.17) is 9.47 Å². The summed E-state index contributed by atoms with van der Waals surface area (Å²) < 4.78 is 11.7. The van der Waals surface area contributed by atoms with Crippen molar-refractivity contribution in [1.82, 2.24) is 10.3 Å². The van der Waals surface area contributed by atoms with Gasteiger partial charge in [0.25, 0.3) is 0 Å². The molecule has 0 saturated heterocycles. The monoisotopic (exact) mass is 371 g/mol. The molecule has 0 radical (unpaired) electrons. The maximum Gasteiger partial charge on any atom is 0.319 e. The third-order valence-electron chi connectivity index (χ3n) is 3.84. The zero-order valence-corrected chi connectivity index (χ0v) is 15.8. The lowest BCUT2D eigenvalue weighted by molar-refractivity contribution is -0.240. The average molecular weight is 371 g/mol. The summed E-state index contributed by atoms with van der Waals surface area (Å²) in [7, 11) is 0. The van der Waals surface area contributed by atoms with Crippen LogP contribution in [0.25, 0.3) is 0 Å². The number of carbonyl (C=O) groups is 2. The van der Waals surface area contributed by atoms with E-state index in [0.717, 1.165) is 0 Å². The van der Waals surface area contributed by atoms with E-state index in [0.29, 0.717) is 30.2 Å². The highest BCUT2D eigenvalue weighted by molar-refractivity contribution is 5.95. The van der Waals surface area contributed by atoms with Crippen LogP contribution < -0.4 is 10.6 Å². The molecule has 0 aliphatic rings. The van der Waals surface area contributed by atoms with Crippen LogP contribution in [0, 0.1) is 0 Å². The highest BCUT2D eigenvalue weighted by Gasteiger charge is 2.36. The second-order valence-electron chi connectivity index (χ2n) is 5.78. The molecule has 0 saturated carbocycles. The SMILES string of the molecule is CCOC(CNC(=O)Nc1ccc(C(C)=O)cc1)(OCC)c1ccccn1. The van der Waals surface area contributed by atoms with E-state index in [1.165, 1.54) is 6.92 Å². The van der Waals surface area contributed by atoms with Crippen molar-refractivity contribution in [2.45, 2.75) is 26.6 Å². The maximum absolute atomic E-state index is 12.3. The fourth-order valence-electron chi connectivity index (χ4n) is 2.60. The lowest BCUT2D eigenvalue weighted by Crippen LogP contribution is -2.46. The van der Waals surface area contributed by atoms with Crippen LogP contribution in [0.1, 0.15) is 36.8 Å². The molecule has 2 aromatic rings. The standard InChI is InChI=1S/C20H25N3O4/c1-4-26-20(27-5-2,18-8-6-7-13-21-18)14-22-19(25)23-17-11-9-16(10-12-17)15(3)24/h6-13H,4-5,14H2,1-3H3,(H2,22,23,25). The minimum Gasteiger partial charge on any atom is -0.344 e. The van der Waals surface area contributed by atoms with E-state index >= 15 is 0 Å². The Morgan fingerprint density at radius 2 is 1.70 bits per heavy atom. The highest BCUT2D eigenvalue weighted by atomic mass is 16.7. The Balaban J connectivity index is 2.07. The van der Waals surface area contributed by atoms with Crippen LogP contribution in [0.15, 0.2) is 48.7 Å². The lowest BCUT2D eigenvalue weighted by Gasteiger charge is -2.32. The van der Waals surface area contributed by atoms with Crippen LogP contribution in [0.2, 0.25) is 0 Å². The number of ketones is 1. The second-order valence-corrected chi connectivity index (χ2v) is 5.78. The van der Waals surface area contributed by atoms with Crippen molar-refractivity contribution in [3.8, 4) is 0 Å². The number of nitrogens with one attached hydrogen (secondary N) is 2. The number of pyridine rings is 1. The van der Waals surface area contributed by atoms with E-state index in [2.05, 4.69) is 15.6 Å². The number of carbonyl (C=O) groups excluding carboxylic acids is 2. The predicted molar refractivity (Wildman–Crippen MR) is 103 cm³/mol. The fourth-order valence-corrected chi connectivity index (χ4v) is 2.60. The third kappa shape index (κ3) is 5.60. The van der Waals surface area contributed by atoms with Crippen molar-refractivity contribution in [3.05, 3.63) is 59.9 Å². The molecule has 2 rings (SSSR count). The van der Waals surface area contributed by atoms with Gasteiger partial charge in [-0.25, -0.2) is 4.79 Å². The first-order valence-corrected chi connectivity index (χ1v) is 8.86. The van der Waals surface area contributed by atoms with Gasteiger partial charge < -0.3 is 20.1 Å². The summed E-state index contributed by atoms with van der Waals surface area (Å²) in [6.45, 7) is 6.08. The minimum atomic E-state index is -1.17. The highest BCUT2D eigenvalue weighted by Crippen LogP contribution is 2.25. The Kier molecular flexibility index (Phi) is 7.45. The van der Waals surface area contributed by atoms with Gasteiger partial charge in [-0.05, 0) is 57.2 Å². The van der Waals surface area contributed by atoms with Crippen molar-refractivity contribution in [2.75, 3.05) is 25.1 Å². The van der Waals surface area contributed by atoms with Gasteiger partial charge in [-0.2, -0.15) is 0 Å². The number of Topliss-reactive ketones (excluding diaryl/α,β-unsaturated/α-hetero) is 1. The molecule has 2 N–H and O–H groups in total. The van der Waals surface area contributed by atoms with Gasteiger partial charge in [-0.3, -0.25) is 9.78 Å². The molecule has 0 spiro atoms. The van der Waals surface area contributed by atoms with E-state index in [1.807, 2.05) is 19.9 Å². The molecule has 0 fully saturated rings. The van der Waals surface area contributed by atoms with E-state index in [1.54, 1.807) is 42.6 Å². The van der Waals surface area contributed by atoms with Gasteiger partial charge >= 0.3 is 6.03 Å². The van der Waals surface area contributed by atoms with Crippen molar-refractivity contribution >= 4 is 17.5 Å². The molecule has 0 bridgehead atoms. The number of rotatable bonds is 9. The number of urea groups is 1. The topological polar surface area (TPSA) is 89.6 Å². The van der Waals surface area contributed by atoms with Gasteiger partial charge in [-0.15, -0.1) is 0 Å². The molecule has 0 unspecified atom stereocenters. The van der Waals surface area contributed by atoms with Crippen molar-refractivity contribution in [1.29, 1.82) is 0 Å². The first-order valence-electron chi connectivity index (χ1n) is 8.86. The van der Waals surface area contributed by atoms with Crippen LogP contribution >= 0.6 is 0 Å². The Morgan fingerprint density at radius 1 is 1.04 bits per heavy atom. The molecule has 144 valence electrons. The van der Waals surface area contributed by atoms with Gasteiger partial charge in [0.2, 0.25) is 5.79 Å². The fraction of sp³-hybridized carbons (Fsp3) is 0.350. The summed E-state index contributed by atoms with van der Waals surface area (Å²) in [4.78, 5) is 27.9. The molecule has 7 heteroatoms. The molecule has 1 heterocycles. The third-order valence-corrected chi connectivity index (χ3v) is 3.84. The quantitative estimate of drug-likeness (QED) is 0.521. The number of benzene rings is 1. The van der Waals surface area contributed by atoms with Gasteiger partial charge in [-0.1, -0.05) is 6.07 Å². The number of ether oxygens (including phenoxy) is 2. The molecule has 0 aliphatic carbocycles. The molecule has 7 nitrogen and oxygen atoms in total. The van der Waals surface area contributed by atoms with E-state index in [9.17, 15) is 9.59 Å². The summed E-state index contributed by atoms with van der Waals surface area (Å²) in [6, 6.07) is 11.7. The van der Waals surface area contributed by atoms with Crippen LogP contribution in [0.3, 0.4) is 0 Å². The van der Waals surface area contributed by atoms with Crippen LogP contribution in [0.4, 0.5) is 10.5 Å². The van der Waals surface area contributed by atoms with Crippen molar-refractivity contribution in [2.24, 2.45) is 0 Å². The summed E-state index contributed by atoms with van der Waals surface area (Å²) in [5.41, 5.74) is 1.75. The second kappa shape index (κ2) is 9.80. The van der Waals surface area contributed by atoms with Crippen LogP contribution in [-0.2, 0) is 15.3 Å². The Bertz CT molecular complexity index is 742. The number of amides is 2. The van der Waals surface area contributed by atoms with Gasteiger partial charge in [0.15, 0.2) is 5.78 Å². The Hall–Kier alpha value is -2.77. The molecule has 1 aromatic heterocycles. The van der Waals surface area contributed by atoms with Crippen molar-refractivity contribution < 1.29 is 19.1 Å². The summed E-state index contributed by atoms with van der Waals surface area (Å²) in [5, 5.41) is 5.49. The number of anilines is 1. The largest absolute Gasteiger partial charge is 0.344 e. The molecule has 2 amide bonds. The van der Waals surface area contributed by atoms with Crippen molar-refractivity contribution in [3.63, 3.8) is 0 Å². The number of hydrogen-bond donors (Lipinski definition) is 2. The lowest BCUT2D eigenvalue weighted by atomic mass is 10.1. The smallest absolute Gasteiger partial charge is 0.319 e. The average Bonchev–Trinajstić information content (AvgIpc) is 2.67. The zero-order chi connectivity index (χ0) is 19.7. The van der Waals surface area contributed by atoms with Gasteiger partial charge in [0, 0.05) is 30.7 Å². The Labute approximate surface area is 159 Å². The normalized spacial score (nSPS) is 11.1. The molecule has 0 atom stereocenters. The number of hydrogen-bond acceptors (Lipinski definition) is 5. The Morgan fingerprint density at radius 3 is 2.22 bits per heavy atom. The molecule has 1 aromatic carbocycles. The predicted octanol–water partition coefficient (Wildman–Crippen LogP) is 3.33. The molecular formula is C20H25N3O4. The van der Waals surface area contributed by atoms with Gasteiger partial charge in [0.05, 0.1) is 6.54 Å². The zero-order valence-electron chi connectivity index (χ0n) is 15.8. The summed E-state index contributed by atoms with van der Waals surface area (Å²) in [5.74, 6) is -1.19. The molecular weight excluding hydrogens is 346 g/mol. The first-order chi connectivity index (χ1) is 13.0. The first kappa shape index (κ1) is 20.5. The minimum absolute atomic E-state index is 0.0282. The number of aromatic nitrogens is 1. The maximum atomic E-state index is 12.3. The summed E-state index contributed by atoms with van der Waals surface area (Å²) in [6.07, 6.45) is 1.65. The molecule has 0 aliphatic heterocycles. The number of nitrogens with zero attached hydrogens (tertiary/aromatic N) is 1. The van der Waals surface area contributed by atoms with Gasteiger partial charge in [0.1, 0.15) is 5.69 Å².